The van der Waals surface area contributed by atoms with Gasteiger partial charge in [-0.25, -0.2) is 4.39 Å². The zero-order chi connectivity index (χ0) is 13.8. The van der Waals surface area contributed by atoms with E-state index < -0.39 is 0 Å². The monoisotopic (exact) mass is 267 g/mol. The third-order valence-electron chi connectivity index (χ3n) is 3.62. The maximum atomic E-state index is 13.3. The van der Waals surface area contributed by atoms with Crippen LogP contribution in [0.2, 0.25) is 0 Å². The van der Waals surface area contributed by atoms with Gasteiger partial charge in [-0.1, -0.05) is 6.07 Å². The summed E-state index contributed by atoms with van der Waals surface area (Å²) in [5.41, 5.74) is 7.45. The largest absolute Gasteiger partial charge is 0.494 e. The second kappa shape index (κ2) is 6.32. The van der Waals surface area contributed by atoms with Crippen LogP contribution in [0, 0.1) is 11.7 Å². The Hall–Kier alpha value is -1.17. The van der Waals surface area contributed by atoms with E-state index in [0.717, 1.165) is 25.2 Å². The maximum absolute atomic E-state index is 13.3. The van der Waals surface area contributed by atoms with Crippen LogP contribution < -0.4 is 15.6 Å². The van der Waals surface area contributed by atoms with Gasteiger partial charge in [0.15, 0.2) is 11.6 Å². The molecule has 4 nitrogen and oxygen atoms in total. The number of hydrazine groups is 1. The van der Waals surface area contributed by atoms with E-state index in [0.29, 0.717) is 17.7 Å². The summed E-state index contributed by atoms with van der Waals surface area (Å²) < 4.78 is 18.3. The van der Waals surface area contributed by atoms with Gasteiger partial charge in [0.25, 0.3) is 0 Å². The molecular weight excluding hydrogens is 245 g/mol. The molecule has 0 aliphatic carbocycles. The molecule has 1 aromatic carbocycles. The Kier molecular flexibility index (Phi) is 4.74. The first kappa shape index (κ1) is 14.2. The standard InChI is InChI=1S/C14H22FN3O/c1-10-12(7-16-17-10)9-18(2)8-11-4-5-13(15)14(6-11)19-3/h4-6,10,12,16-17H,7-9H2,1-3H3. The van der Waals surface area contributed by atoms with Crippen molar-refractivity contribution in [1.29, 1.82) is 0 Å². The zero-order valence-corrected chi connectivity index (χ0v) is 11.7. The minimum absolute atomic E-state index is 0.309. The van der Waals surface area contributed by atoms with Crippen molar-refractivity contribution in [2.75, 3.05) is 27.2 Å². The third-order valence-corrected chi connectivity index (χ3v) is 3.62. The Labute approximate surface area is 113 Å². The van der Waals surface area contributed by atoms with E-state index in [-0.39, 0.29) is 5.82 Å². The van der Waals surface area contributed by atoms with E-state index in [1.54, 1.807) is 6.07 Å². The highest BCUT2D eigenvalue weighted by atomic mass is 19.1. The molecule has 106 valence electrons. The third kappa shape index (κ3) is 3.65. The fourth-order valence-electron chi connectivity index (χ4n) is 2.45. The molecule has 2 atom stereocenters. The van der Waals surface area contributed by atoms with Gasteiger partial charge in [-0.2, -0.15) is 0 Å². The SMILES string of the molecule is COc1cc(CN(C)CC2CNNC2C)ccc1F. The number of methoxy groups -OCH3 is 1. The quantitative estimate of drug-likeness (QED) is 0.845. The summed E-state index contributed by atoms with van der Waals surface area (Å²) in [5.74, 6) is 0.586. The molecular formula is C14H22FN3O. The Morgan fingerprint density at radius 2 is 2.26 bits per heavy atom. The molecule has 1 fully saturated rings. The summed E-state index contributed by atoms with van der Waals surface area (Å²) in [7, 11) is 3.57. The van der Waals surface area contributed by atoms with Crippen molar-refractivity contribution in [2.24, 2.45) is 5.92 Å². The van der Waals surface area contributed by atoms with Crippen LogP contribution in [0.15, 0.2) is 18.2 Å². The summed E-state index contributed by atoms with van der Waals surface area (Å²) in [5, 5.41) is 0. The Morgan fingerprint density at radius 3 is 2.89 bits per heavy atom. The normalized spacial score (nSPS) is 23.0. The van der Waals surface area contributed by atoms with Crippen molar-refractivity contribution < 1.29 is 9.13 Å². The van der Waals surface area contributed by atoms with Crippen LogP contribution in [0.25, 0.3) is 0 Å². The molecule has 0 spiro atoms. The van der Waals surface area contributed by atoms with E-state index in [1.165, 1.54) is 13.2 Å². The fourth-order valence-corrected chi connectivity index (χ4v) is 2.45. The van der Waals surface area contributed by atoms with Crippen LogP contribution in [0.4, 0.5) is 4.39 Å². The number of nitrogens with zero attached hydrogens (tertiary/aromatic N) is 1. The van der Waals surface area contributed by atoms with Crippen LogP contribution in [0.1, 0.15) is 12.5 Å². The molecule has 0 amide bonds. The van der Waals surface area contributed by atoms with E-state index in [1.807, 2.05) is 6.07 Å². The zero-order valence-electron chi connectivity index (χ0n) is 11.7. The highest BCUT2D eigenvalue weighted by Gasteiger charge is 2.23. The van der Waals surface area contributed by atoms with Crippen molar-refractivity contribution in [3.63, 3.8) is 0 Å². The predicted molar refractivity (Wildman–Crippen MR) is 73.4 cm³/mol. The lowest BCUT2D eigenvalue weighted by molar-refractivity contribution is 0.265. The van der Waals surface area contributed by atoms with Crippen molar-refractivity contribution in [3.8, 4) is 5.75 Å². The molecule has 2 rings (SSSR count). The first-order valence-corrected chi connectivity index (χ1v) is 6.59. The molecule has 1 saturated heterocycles. The van der Waals surface area contributed by atoms with E-state index in [9.17, 15) is 4.39 Å². The van der Waals surface area contributed by atoms with Crippen molar-refractivity contribution in [1.82, 2.24) is 15.8 Å². The summed E-state index contributed by atoms with van der Waals surface area (Å²) in [6.45, 7) is 4.96. The van der Waals surface area contributed by atoms with Gasteiger partial charge in [0, 0.05) is 31.6 Å². The number of nitrogens with one attached hydrogen (secondary N) is 2. The minimum atomic E-state index is -0.313. The predicted octanol–water partition coefficient (Wildman–Crippen LogP) is 1.38. The molecule has 19 heavy (non-hydrogen) atoms. The number of hydrogen-bond donors (Lipinski definition) is 2. The molecule has 2 N–H and O–H groups in total. The molecule has 1 aliphatic rings. The van der Waals surface area contributed by atoms with Crippen molar-refractivity contribution in [2.45, 2.75) is 19.5 Å². The lowest BCUT2D eigenvalue weighted by Crippen LogP contribution is -2.33. The number of benzene rings is 1. The molecule has 2 unspecified atom stereocenters. The Balaban J connectivity index is 1.93. The number of ether oxygens (including phenoxy) is 1. The lowest BCUT2D eigenvalue weighted by Gasteiger charge is -2.22. The van der Waals surface area contributed by atoms with Crippen LogP contribution in [0.3, 0.4) is 0 Å². The first-order chi connectivity index (χ1) is 9.10. The van der Waals surface area contributed by atoms with Gasteiger partial charge in [-0.05, 0) is 31.7 Å². The molecule has 1 aliphatic heterocycles. The van der Waals surface area contributed by atoms with Gasteiger partial charge in [0.05, 0.1) is 7.11 Å². The van der Waals surface area contributed by atoms with Gasteiger partial charge in [-0.15, -0.1) is 0 Å². The number of rotatable bonds is 5. The second-order valence-corrected chi connectivity index (χ2v) is 5.24. The molecule has 1 heterocycles. The van der Waals surface area contributed by atoms with Crippen molar-refractivity contribution in [3.05, 3.63) is 29.6 Å². The fraction of sp³-hybridized carbons (Fsp3) is 0.571. The molecule has 0 aromatic heterocycles. The van der Waals surface area contributed by atoms with E-state index >= 15 is 0 Å². The summed E-state index contributed by atoms with van der Waals surface area (Å²) in [4.78, 5) is 2.25. The van der Waals surface area contributed by atoms with E-state index in [4.69, 9.17) is 4.74 Å². The smallest absolute Gasteiger partial charge is 0.165 e. The lowest BCUT2D eigenvalue weighted by atomic mass is 10.0. The van der Waals surface area contributed by atoms with Gasteiger partial charge < -0.3 is 9.64 Å². The number of hydrogen-bond acceptors (Lipinski definition) is 4. The average Bonchev–Trinajstić information content (AvgIpc) is 2.77. The van der Waals surface area contributed by atoms with Crippen LogP contribution in [-0.2, 0) is 6.54 Å². The summed E-state index contributed by atoms with van der Waals surface area (Å²) >= 11 is 0. The summed E-state index contributed by atoms with van der Waals surface area (Å²) in [6.07, 6.45) is 0. The van der Waals surface area contributed by atoms with Gasteiger partial charge in [0.1, 0.15) is 0 Å². The Bertz CT molecular complexity index is 427. The van der Waals surface area contributed by atoms with Crippen LogP contribution in [-0.4, -0.2) is 38.2 Å². The van der Waals surface area contributed by atoms with Gasteiger partial charge in [0.2, 0.25) is 0 Å². The van der Waals surface area contributed by atoms with Gasteiger partial charge >= 0.3 is 0 Å². The van der Waals surface area contributed by atoms with E-state index in [2.05, 4.69) is 29.7 Å². The first-order valence-electron chi connectivity index (χ1n) is 6.59. The van der Waals surface area contributed by atoms with Gasteiger partial charge in [-0.3, -0.25) is 10.9 Å². The topological polar surface area (TPSA) is 36.5 Å². The molecule has 1 aromatic rings. The molecule has 0 bridgehead atoms. The highest BCUT2D eigenvalue weighted by molar-refractivity contribution is 5.30. The minimum Gasteiger partial charge on any atom is -0.494 e. The Morgan fingerprint density at radius 1 is 1.47 bits per heavy atom. The molecule has 0 saturated carbocycles. The summed E-state index contributed by atoms with van der Waals surface area (Å²) in [6, 6.07) is 5.51. The second-order valence-electron chi connectivity index (χ2n) is 5.24. The highest BCUT2D eigenvalue weighted by Crippen LogP contribution is 2.19. The maximum Gasteiger partial charge on any atom is 0.165 e. The van der Waals surface area contributed by atoms with Crippen LogP contribution >= 0.6 is 0 Å². The number of halogens is 1. The van der Waals surface area contributed by atoms with Crippen LogP contribution in [0.5, 0.6) is 5.75 Å². The average molecular weight is 267 g/mol. The van der Waals surface area contributed by atoms with Crippen molar-refractivity contribution >= 4 is 0 Å². The molecule has 0 radical (unpaired) electrons. The molecule has 5 heteroatoms.